The highest BCUT2D eigenvalue weighted by Gasteiger charge is 2.08. The minimum Gasteiger partial charge on any atom is -0.357 e. The molecule has 0 N–H and O–H groups in total. The Morgan fingerprint density at radius 3 is 2.80 bits per heavy atom. The molecule has 0 aliphatic carbocycles. The molecule has 0 amide bonds. The maximum absolute atomic E-state index is 13.4. The van der Waals surface area contributed by atoms with Crippen molar-refractivity contribution < 1.29 is 4.39 Å². The lowest BCUT2D eigenvalue weighted by Crippen LogP contribution is -2.20. The zero-order valence-corrected chi connectivity index (χ0v) is 9.89. The Hall–Kier alpha value is -0.830. The molecule has 1 heterocycles. The minimum absolute atomic E-state index is 0.332. The molecule has 4 heteroatoms. The second-order valence-corrected chi connectivity index (χ2v) is 4.02. The van der Waals surface area contributed by atoms with E-state index in [0.717, 1.165) is 25.8 Å². The topological polar surface area (TPSA) is 16.1 Å². The molecule has 15 heavy (non-hydrogen) atoms. The Balaban J connectivity index is 2.61. The maximum atomic E-state index is 13.4. The monoisotopic (exact) mass is 230 g/mol. The largest absolute Gasteiger partial charge is 0.357 e. The van der Waals surface area contributed by atoms with Crippen molar-refractivity contribution in [3.63, 3.8) is 0 Å². The van der Waals surface area contributed by atoms with Crippen molar-refractivity contribution >= 4 is 17.4 Å². The van der Waals surface area contributed by atoms with Gasteiger partial charge in [-0.2, -0.15) is 0 Å². The first kappa shape index (κ1) is 12.2. The van der Waals surface area contributed by atoms with Gasteiger partial charge in [-0.3, -0.25) is 0 Å². The van der Waals surface area contributed by atoms with E-state index in [9.17, 15) is 4.39 Å². The Morgan fingerprint density at radius 1 is 1.47 bits per heavy atom. The molecule has 2 nitrogen and oxygen atoms in total. The summed E-state index contributed by atoms with van der Waals surface area (Å²) < 4.78 is 13.4. The number of rotatable bonds is 5. The highest BCUT2D eigenvalue weighted by atomic mass is 35.5. The number of halogens is 2. The molecule has 0 spiro atoms. The van der Waals surface area contributed by atoms with Crippen LogP contribution in [0, 0.1) is 5.82 Å². The molecule has 0 unspecified atom stereocenters. The maximum Gasteiger partial charge on any atom is 0.167 e. The van der Waals surface area contributed by atoms with Gasteiger partial charge < -0.3 is 4.90 Å². The third-order valence-electron chi connectivity index (χ3n) is 2.25. The molecule has 1 aromatic rings. The number of nitrogens with zero attached hydrogens (tertiary/aromatic N) is 2. The van der Waals surface area contributed by atoms with E-state index in [1.165, 1.54) is 12.3 Å². The predicted octanol–water partition coefficient (Wildman–Crippen LogP) is 3.50. The van der Waals surface area contributed by atoms with Gasteiger partial charge in [-0.05, 0) is 12.5 Å². The summed E-state index contributed by atoms with van der Waals surface area (Å²) >= 11 is 5.63. The average Bonchev–Trinajstić information content (AvgIpc) is 2.17. The lowest BCUT2D eigenvalue weighted by Gasteiger charge is -2.18. The smallest absolute Gasteiger partial charge is 0.167 e. The molecule has 0 saturated carbocycles. The molecule has 1 rings (SSSR count). The van der Waals surface area contributed by atoms with Crippen LogP contribution >= 0.6 is 11.6 Å². The van der Waals surface area contributed by atoms with Gasteiger partial charge in [0.2, 0.25) is 0 Å². The lowest BCUT2D eigenvalue weighted by molar-refractivity contribution is 0.609. The van der Waals surface area contributed by atoms with Crippen LogP contribution in [0.4, 0.5) is 10.2 Å². The number of pyridine rings is 1. The van der Waals surface area contributed by atoms with E-state index in [2.05, 4.69) is 11.9 Å². The van der Waals surface area contributed by atoms with E-state index in [0.29, 0.717) is 10.8 Å². The van der Waals surface area contributed by atoms with Gasteiger partial charge in [-0.25, -0.2) is 9.37 Å². The molecule has 0 aromatic carbocycles. The van der Waals surface area contributed by atoms with Crippen molar-refractivity contribution in [3.8, 4) is 0 Å². The number of unbranched alkanes of at least 4 members (excludes halogenated alkanes) is 2. The second kappa shape index (κ2) is 5.91. The van der Waals surface area contributed by atoms with Gasteiger partial charge in [0, 0.05) is 19.8 Å². The van der Waals surface area contributed by atoms with Crippen molar-refractivity contribution in [2.75, 3.05) is 18.5 Å². The lowest BCUT2D eigenvalue weighted by atomic mass is 10.2. The molecular weight excluding hydrogens is 215 g/mol. The summed E-state index contributed by atoms with van der Waals surface area (Å²) in [5.41, 5.74) is 0. The van der Waals surface area contributed by atoms with Crippen LogP contribution in [0.2, 0.25) is 5.02 Å². The molecule has 84 valence electrons. The predicted molar refractivity (Wildman–Crippen MR) is 62.0 cm³/mol. The first-order valence-corrected chi connectivity index (χ1v) is 5.55. The molecule has 0 fully saturated rings. The van der Waals surface area contributed by atoms with Gasteiger partial charge in [0.25, 0.3) is 0 Å². The van der Waals surface area contributed by atoms with Gasteiger partial charge >= 0.3 is 0 Å². The van der Waals surface area contributed by atoms with E-state index in [-0.39, 0.29) is 5.82 Å². The van der Waals surface area contributed by atoms with Crippen LogP contribution in [0.3, 0.4) is 0 Å². The van der Waals surface area contributed by atoms with E-state index in [4.69, 9.17) is 11.6 Å². The molecule has 0 aliphatic heterocycles. The van der Waals surface area contributed by atoms with E-state index in [1.54, 1.807) is 0 Å². The second-order valence-electron chi connectivity index (χ2n) is 3.59. The summed E-state index contributed by atoms with van der Waals surface area (Å²) in [6.07, 6.45) is 4.83. The SMILES string of the molecule is CCCCCN(C)c1ncc(Cl)cc1F. The van der Waals surface area contributed by atoms with E-state index in [1.807, 2.05) is 11.9 Å². The molecule has 0 saturated heterocycles. The minimum atomic E-state index is -0.360. The van der Waals surface area contributed by atoms with Gasteiger partial charge in [-0.15, -0.1) is 0 Å². The summed E-state index contributed by atoms with van der Waals surface area (Å²) in [6, 6.07) is 1.29. The van der Waals surface area contributed by atoms with Crippen LogP contribution < -0.4 is 4.90 Å². The summed E-state index contributed by atoms with van der Waals surface area (Å²) in [4.78, 5) is 5.80. The number of hydrogen-bond acceptors (Lipinski definition) is 2. The summed E-state index contributed by atoms with van der Waals surface area (Å²) in [7, 11) is 1.84. The first-order chi connectivity index (χ1) is 7.15. The molecule has 0 bridgehead atoms. The third kappa shape index (κ3) is 3.67. The summed E-state index contributed by atoms with van der Waals surface area (Å²) in [5, 5.41) is 0.332. The molecule has 0 radical (unpaired) electrons. The zero-order chi connectivity index (χ0) is 11.3. The standard InChI is InChI=1S/C11H16ClFN2/c1-3-4-5-6-15(2)11-10(13)7-9(12)8-14-11/h7-8H,3-6H2,1-2H3. The summed E-state index contributed by atoms with van der Waals surface area (Å²) in [5.74, 6) is 0.0111. The van der Waals surface area contributed by atoms with Crippen molar-refractivity contribution in [1.82, 2.24) is 4.98 Å². The van der Waals surface area contributed by atoms with Gasteiger partial charge in [0.15, 0.2) is 11.6 Å². The van der Waals surface area contributed by atoms with Gasteiger partial charge in [-0.1, -0.05) is 31.4 Å². The highest BCUT2D eigenvalue weighted by Crippen LogP contribution is 2.18. The average molecular weight is 231 g/mol. The van der Waals surface area contributed by atoms with Crippen LogP contribution in [0.5, 0.6) is 0 Å². The van der Waals surface area contributed by atoms with E-state index < -0.39 is 0 Å². The van der Waals surface area contributed by atoms with Crippen molar-refractivity contribution in [2.45, 2.75) is 26.2 Å². The number of hydrogen-bond donors (Lipinski definition) is 0. The Morgan fingerprint density at radius 2 is 2.20 bits per heavy atom. The molecule has 0 aliphatic rings. The van der Waals surface area contributed by atoms with Crippen molar-refractivity contribution in [1.29, 1.82) is 0 Å². The quantitative estimate of drug-likeness (QED) is 0.720. The fourth-order valence-electron chi connectivity index (χ4n) is 1.39. The Kier molecular flexibility index (Phi) is 4.82. The van der Waals surface area contributed by atoms with Crippen molar-refractivity contribution in [2.24, 2.45) is 0 Å². The van der Waals surface area contributed by atoms with Crippen molar-refractivity contribution in [3.05, 3.63) is 23.1 Å². The van der Waals surface area contributed by atoms with E-state index >= 15 is 0 Å². The van der Waals surface area contributed by atoms with Gasteiger partial charge in [0.05, 0.1) is 5.02 Å². The van der Waals surface area contributed by atoms with Crippen LogP contribution in [0.15, 0.2) is 12.3 Å². The first-order valence-electron chi connectivity index (χ1n) is 5.17. The highest BCUT2D eigenvalue weighted by molar-refractivity contribution is 6.30. The van der Waals surface area contributed by atoms with Gasteiger partial charge in [0.1, 0.15) is 0 Å². The Bertz CT molecular complexity index is 317. The summed E-state index contributed by atoms with van der Waals surface area (Å²) in [6.45, 7) is 2.96. The molecular formula is C11H16ClFN2. The van der Waals surface area contributed by atoms with Crippen LogP contribution in [0.25, 0.3) is 0 Å². The zero-order valence-electron chi connectivity index (χ0n) is 9.13. The fraction of sp³-hybridized carbons (Fsp3) is 0.545. The number of anilines is 1. The Labute approximate surface area is 95.1 Å². The van der Waals surface area contributed by atoms with Crippen LogP contribution in [-0.2, 0) is 0 Å². The fourth-order valence-corrected chi connectivity index (χ4v) is 1.54. The third-order valence-corrected chi connectivity index (χ3v) is 2.45. The normalized spacial score (nSPS) is 10.4. The van der Waals surface area contributed by atoms with Crippen LogP contribution in [0.1, 0.15) is 26.2 Å². The number of aromatic nitrogens is 1. The van der Waals surface area contributed by atoms with Crippen LogP contribution in [-0.4, -0.2) is 18.6 Å². The molecule has 1 aromatic heterocycles. The molecule has 0 atom stereocenters.